The van der Waals surface area contributed by atoms with Gasteiger partial charge in [-0.25, -0.2) is 4.98 Å². The first-order chi connectivity index (χ1) is 9.08. The van der Waals surface area contributed by atoms with E-state index in [4.69, 9.17) is 5.73 Å². The highest BCUT2D eigenvalue weighted by atomic mass is 16.2. The lowest BCUT2D eigenvalue weighted by atomic mass is 9.99. The first-order valence-electron chi connectivity index (χ1n) is 6.16. The molecule has 0 saturated heterocycles. The molecule has 0 aliphatic carbocycles. The van der Waals surface area contributed by atoms with Crippen LogP contribution in [0.3, 0.4) is 0 Å². The van der Waals surface area contributed by atoms with Gasteiger partial charge < -0.3 is 15.6 Å². The lowest BCUT2D eigenvalue weighted by molar-refractivity contribution is -0.131. The predicted molar refractivity (Wildman–Crippen MR) is 74.3 cm³/mol. The number of rotatable bonds is 4. The molecule has 0 radical (unpaired) electrons. The fourth-order valence-electron chi connectivity index (χ4n) is 1.99. The van der Waals surface area contributed by atoms with E-state index in [2.05, 4.69) is 9.97 Å². The number of amides is 1. The number of aromatic amines is 1. The summed E-state index contributed by atoms with van der Waals surface area (Å²) < 4.78 is 0. The zero-order valence-corrected chi connectivity index (χ0v) is 11.1. The average molecular weight is 258 g/mol. The number of anilines is 1. The van der Waals surface area contributed by atoms with E-state index in [0.717, 1.165) is 11.4 Å². The van der Waals surface area contributed by atoms with Gasteiger partial charge in [0, 0.05) is 25.1 Å². The molecule has 2 rings (SSSR count). The number of H-pyrrole nitrogens is 1. The molecule has 1 atom stereocenters. The maximum Gasteiger partial charge on any atom is 0.229 e. The molecular formula is C14H18N4O. The molecule has 0 saturated carbocycles. The number of nitrogens with two attached hydrogens (primary N) is 1. The second-order valence-corrected chi connectivity index (χ2v) is 4.62. The fraction of sp³-hybridized carbons (Fsp3) is 0.286. The maximum absolute atomic E-state index is 12.3. The quantitative estimate of drug-likeness (QED) is 0.820. The zero-order chi connectivity index (χ0) is 13.8. The highest BCUT2D eigenvalue weighted by Gasteiger charge is 2.19. The Morgan fingerprint density at radius 2 is 2.32 bits per heavy atom. The largest absolute Gasteiger partial charge is 0.399 e. The van der Waals surface area contributed by atoms with Gasteiger partial charge in [0.25, 0.3) is 0 Å². The van der Waals surface area contributed by atoms with Crippen LogP contribution in [0.4, 0.5) is 5.69 Å². The average Bonchev–Trinajstić information content (AvgIpc) is 2.89. The molecule has 1 unspecified atom stereocenters. The molecule has 1 aromatic heterocycles. The lowest BCUT2D eigenvalue weighted by Crippen LogP contribution is -2.30. The van der Waals surface area contributed by atoms with E-state index < -0.39 is 0 Å². The van der Waals surface area contributed by atoms with E-state index in [1.165, 1.54) is 0 Å². The summed E-state index contributed by atoms with van der Waals surface area (Å²) in [5.74, 6) is 0.598. The van der Waals surface area contributed by atoms with Crippen molar-refractivity contribution in [2.45, 2.75) is 19.4 Å². The smallest absolute Gasteiger partial charge is 0.229 e. The van der Waals surface area contributed by atoms with E-state index in [0.29, 0.717) is 12.2 Å². The van der Waals surface area contributed by atoms with E-state index in [1.807, 2.05) is 31.2 Å². The first kappa shape index (κ1) is 13.1. The molecule has 0 aliphatic rings. The molecule has 0 fully saturated rings. The van der Waals surface area contributed by atoms with Crippen molar-refractivity contribution in [1.29, 1.82) is 0 Å². The van der Waals surface area contributed by atoms with Crippen molar-refractivity contribution in [3.63, 3.8) is 0 Å². The Kier molecular flexibility index (Phi) is 3.85. The van der Waals surface area contributed by atoms with Crippen LogP contribution in [0.5, 0.6) is 0 Å². The van der Waals surface area contributed by atoms with E-state index in [1.54, 1.807) is 24.3 Å². The van der Waals surface area contributed by atoms with Crippen LogP contribution in [0, 0.1) is 0 Å². The molecule has 0 aliphatic heterocycles. The third-order valence-corrected chi connectivity index (χ3v) is 3.10. The number of carbonyl (C=O) groups is 1. The number of benzene rings is 1. The van der Waals surface area contributed by atoms with Gasteiger partial charge >= 0.3 is 0 Å². The van der Waals surface area contributed by atoms with Crippen LogP contribution in [0.25, 0.3) is 0 Å². The molecule has 5 nitrogen and oxygen atoms in total. The predicted octanol–water partition coefficient (Wildman–Crippen LogP) is 1.75. The van der Waals surface area contributed by atoms with Gasteiger partial charge in [0.05, 0.1) is 12.5 Å². The van der Waals surface area contributed by atoms with Gasteiger partial charge in [-0.2, -0.15) is 0 Å². The van der Waals surface area contributed by atoms with Crippen molar-refractivity contribution in [3.05, 3.63) is 48.0 Å². The molecule has 0 bridgehead atoms. The minimum Gasteiger partial charge on any atom is -0.399 e. The van der Waals surface area contributed by atoms with Gasteiger partial charge in [0.2, 0.25) is 5.91 Å². The Morgan fingerprint density at radius 3 is 2.95 bits per heavy atom. The van der Waals surface area contributed by atoms with Gasteiger partial charge in [-0.15, -0.1) is 0 Å². The second-order valence-electron chi connectivity index (χ2n) is 4.62. The number of aromatic nitrogens is 2. The summed E-state index contributed by atoms with van der Waals surface area (Å²) in [4.78, 5) is 21.1. The first-order valence-corrected chi connectivity index (χ1v) is 6.16. The van der Waals surface area contributed by atoms with Crippen LogP contribution >= 0.6 is 0 Å². The van der Waals surface area contributed by atoms with Crippen LogP contribution in [0.15, 0.2) is 36.7 Å². The summed E-state index contributed by atoms with van der Waals surface area (Å²) in [6.07, 6.45) is 3.42. The molecule has 19 heavy (non-hydrogen) atoms. The molecular weight excluding hydrogens is 240 g/mol. The Balaban J connectivity index is 2.06. The lowest BCUT2D eigenvalue weighted by Gasteiger charge is -2.21. The van der Waals surface area contributed by atoms with Crippen LogP contribution in [-0.2, 0) is 11.3 Å². The van der Waals surface area contributed by atoms with Gasteiger partial charge in [-0.3, -0.25) is 4.79 Å². The fourth-order valence-corrected chi connectivity index (χ4v) is 1.99. The van der Waals surface area contributed by atoms with Gasteiger partial charge in [-0.1, -0.05) is 12.1 Å². The van der Waals surface area contributed by atoms with E-state index in [9.17, 15) is 4.79 Å². The molecule has 1 amide bonds. The summed E-state index contributed by atoms with van der Waals surface area (Å²) in [5, 5.41) is 0. The molecule has 0 spiro atoms. The van der Waals surface area contributed by atoms with Crippen molar-refractivity contribution in [2.75, 3.05) is 12.8 Å². The Labute approximate surface area is 112 Å². The van der Waals surface area contributed by atoms with Crippen molar-refractivity contribution >= 4 is 11.6 Å². The second kappa shape index (κ2) is 5.56. The molecule has 2 aromatic rings. The van der Waals surface area contributed by atoms with Crippen LogP contribution in [0.2, 0.25) is 0 Å². The van der Waals surface area contributed by atoms with Gasteiger partial charge in [0.15, 0.2) is 0 Å². The Hall–Kier alpha value is -2.30. The van der Waals surface area contributed by atoms with Gasteiger partial charge in [-0.05, 0) is 24.6 Å². The number of hydrogen-bond donors (Lipinski definition) is 2. The number of likely N-dealkylation sites (N-methyl/N-ethyl adjacent to an activating group) is 1. The normalized spacial score (nSPS) is 12.1. The summed E-state index contributed by atoms with van der Waals surface area (Å²) in [7, 11) is 1.77. The number of nitrogens with one attached hydrogen (secondary N) is 1. The third-order valence-electron chi connectivity index (χ3n) is 3.10. The standard InChI is InChI=1S/C14H18N4O/c1-10(11-4-3-5-12(15)8-11)14(19)18(2)9-13-16-6-7-17-13/h3-8,10H,9,15H2,1-2H3,(H,16,17). The minimum atomic E-state index is -0.219. The van der Waals surface area contributed by atoms with Crippen LogP contribution < -0.4 is 5.73 Å². The van der Waals surface area contributed by atoms with Crippen molar-refractivity contribution in [2.24, 2.45) is 0 Å². The summed E-state index contributed by atoms with van der Waals surface area (Å²) in [6.45, 7) is 2.36. The molecule has 3 N–H and O–H groups in total. The van der Waals surface area contributed by atoms with Crippen LogP contribution in [-0.4, -0.2) is 27.8 Å². The SMILES string of the molecule is CC(C(=O)N(C)Cc1ncc[nH]1)c1cccc(N)c1. The molecule has 5 heteroatoms. The number of carbonyl (C=O) groups excluding carboxylic acids is 1. The van der Waals surface area contributed by atoms with Gasteiger partial charge in [0.1, 0.15) is 5.82 Å². The highest BCUT2D eigenvalue weighted by Crippen LogP contribution is 2.20. The van der Waals surface area contributed by atoms with E-state index in [-0.39, 0.29) is 11.8 Å². The maximum atomic E-state index is 12.3. The van der Waals surface area contributed by atoms with Crippen LogP contribution in [0.1, 0.15) is 24.2 Å². The monoisotopic (exact) mass is 258 g/mol. The Morgan fingerprint density at radius 1 is 1.53 bits per heavy atom. The summed E-state index contributed by atoms with van der Waals surface area (Å²) in [5.41, 5.74) is 7.34. The van der Waals surface area contributed by atoms with E-state index >= 15 is 0 Å². The van der Waals surface area contributed by atoms with Crippen molar-refractivity contribution < 1.29 is 4.79 Å². The molecule has 1 heterocycles. The number of imidazole rings is 1. The topological polar surface area (TPSA) is 75.0 Å². The third kappa shape index (κ3) is 3.13. The summed E-state index contributed by atoms with van der Waals surface area (Å²) >= 11 is 0. The Bertz CT molecular complexity index is 550. The number of nitrogen functional groups attached to an aromatic ring is 1. The number of hydrogen-bond acceptors (Lipinski definition) is 3. The number of nitrogens with zero attached hydrogens (tertiary/aromatic N) is 2. The molecule has 100 valence electrons. The zero-order valence-electron chi connectivity index (χ0n) is 11.1. The minimum absolute atomic E-state index is 0.0435. The highest BCUT2D eigenvalue weighted by molar-refractivity contribution is 5.83. The van der Waals surface area contributed by atoms with Crippen molar-refractivity contribution in [3.8, 4) is 0 Å². The molecule has 1 aromatic carbocycles. The summed E-state index contributed by atoms with van der Waals surface area (Å²) in [6, 6.07) is 7.43. The van der Waals surface area contributed by atoms with Crippen molar-refractivity contribution in [1.82, 2.24) is 14.9 Å².